The molecule has 0 saturated carbocycles. The Kier molecular flexibility index (Phi) is 8.54. The van der Waals surface area contributed by atoms with E-state index in [2.05, 4.69) is 0 Å². The average molecular weight is 384 g/mol. The molecule has 27 heavy (non-hydrogen) atoms. The van der Waals surface area contributed by atoms with Gasteiger partial charge in [0.25, 0.3) is 0 Å². The molecular weight excluding hydrogens is 349 g/mol. The summed E-state index contributed by atoms with van der Waals surface area (Å²) < 4.78 is 30.6. The molecule has 154 valence electrons. The van der Waals surface area contributed by atoms with E-state index in [4.69, 9.17) is 14.2 Å². The van der Waals surface area contributed by atoms with Gasteiger partial charge in [-0.2, -0.15) is 0 Å². The molecule has 2 unspecified atom stereocenters. The first-order valence-electron chi connectivity index (χ1n) is 9.57. The van der Waals surface area contributed by atoms with Gasteiger partial charge in [0.05, 0.1) is 13.1 Å². The monoisotopic (exact) mass is 383 g/mol. The summed E-state index contributed by atoms with van der Waals surface area (Å²) in [7, 11) is 1.58. The van der Waals surface area contributed by atoms with E-state index < -0.39 is 11.7 Å². The number of halogens is 1. The molecule has 0 aliphatic carbocycles. The van der Waals surface area contributed by atoms with Crippen molar-refractivity contribution < 1.29 is 23.4 Å². The van der Waals surface area contributed by atoms with Gasteiger partial charge in [-0.05, 0) is 38.3 Å². The molecular formula is C21H34FNO4. The van der Waals surface area contributed by atoms with Crippen molar-refractivity contribution in [3.05, 3.63) is 29.6 Å². The summed E-state index contributed by atoms with van der Waals surface area (Å²) in [4.78, 5) is 13.9. The predicted octanol–water partition coefficient (Wildman–Crippen LogP) is 4.99. The molecule has 0 spiro atoms. The van der Waals surface area contributed by atoms with Gasteiger partial charge >= 0.3 is 6.09 Å². The number of hydrogen-bond donors (Lipinski definition) is 0. The van der Waals surface area contributed by atoms with Gasteiger partial charge in [-0.3, -0.25) is 0 Å². The Balaban J connectivity index is 0.00000176. The van der Waals surface area contributed by atoms with Gasteiger partial charge in [-0.15, -0.1) is 0 Å². The van der Waals surface area contributed by atoms with Crippen molar-refractivity contribution in [2.75, 3.05) is 20.2 Å². The van der Waals surface area contributed by atoms with E-state index in [9.17, 15) is 9.18 Å². The first kappa shape index (κ1) is 23.2. The molecule has 1 aliphatic rings. The number of benzene rings is 1. The highest BCUT2D eigenvalue weighted by molar-refractivity contribution is 5.68. The van der Waals surface area contributed by atoms with Crippen LogP contribution >= 0.6 is 0 Å². The molecule has 2 atom stereocenters. The minimum atomic E-state index is -0.564. The van der Waals surface area contributed by atoms with Crippen LogP contribution in [0.5, 0.6) is 5.75 Å². The summed E-state index contributed by atoms with van der Waals surface area (Å²) in [6, 6.07) is 4.55. The molecule has 1 aliphatic heterocycles. The molecule has 5 nitrogen and oxygen atoms in total. The lowest BCUT2D eigenvalue weighted by Crippen LogP contribution is -2.36. The summed E-state index contributed by atoms with van der Waals surface area (Å²) in [5.74, 6) is 0.336. The van der Waals surface area contributed by atoms with Crippen LogP contribution in [0, 0.1) is 5.82 Å². The van der Waals surface area contributed by atoms with Crippen molar-refractivity contribution in [2.24, 2.45) is 0 Å². The molecule has 6 heteroatoms. The van der Waals surface area contributed by atoms with E-state index in [-0.39, 0.29) is 23.9 Å². The normalized spacial score (nSPS) is 19.6. The van der Waals surface area contributed by atoms with E-state index in [1.54, 1.807) is 18.1 Å². The maximum atomic E-state index is 13.7. The van der Waals surface area contributed by atoms with E-state index in [1.165, 1.54) is 12.1 Å². The number of nitrogens with zero attached hydrogens (tertiary/aromatic N) is 1. The van der Waals surface area contributed by atoms with Crippen molar-refractivity contribution in [1.29, 1.82) is 0 Å². The van der Waals surface area contributed by atoms with Gasteiger partial charge in [0.2, 0.25) is 0 Å². The third-order valence-corrected chi connectivity index (χ3v) is 4.05. The topological polar surface area (TPSA) is 48.0 Å². The zero-order chi connectivity index (χ0) is 20.8. The Bertz CT molecular complexity index is 613. The van der Waals surface area contributed by atoms with Crippen LogP contribution in [0.4, 0.5) is 9.18 Å². The van der Waals surface area contributed by atoms with Gasteiger partial charge in [0.15, 0.2) is 0 Å². The highest BCUT2D eigenvalue weighted by Gasteiger charge is 2.39. The lowest BCUT2D eigenvalue weighted by atomic mass is 10.0. The molecule has 1 heterocycles. The molecule has 2 rings (SSSR count). The zero-order valence-electron chi connectivity index (χ0n) is 17.8. The molecule has 1 aromatic rings. The van der Waals surface area contributed by atoms with Gasteiger partial charge < -0.3 is 19.1 Å². The number of ether oxygens (including phenoxy) is 3. The number of carbonyl (C=O) groups excluding carboxylic acids is 1. The van der Waals surface area contributed by atoms with Crippen LogP contribution in [0.15, 0.2) is 18.2 Å². The average Bonchev–Trinajstić information content (AvgIpc) is 2.98. The molecule has 1 aromatic carbocycles. The lowest BCUT2D eigenvalue weighted by molar-refractivity contribution is 0.0240. The van der Waals surface area contributed by atoms with E-state index >= 15 is 0 Å². The number of amides is 1. The minimum absolute atomic E-state index is 0.194. The van der Waals surface area contributed by atoms with Gasteiger partial charge in [0, 0.05) is 13.2 Å². The molecule has 1 fully saturated rings. The lowest BCUT2D eigenvalue weighted by Gasteiger charge is -2.24. The number of rotatable bonds is 4. The van der Waals surface area contributed by atoms with Crippen molar-refractivity contribution in [3.8, 4) is 5.75 Å². The van der Waals surface area contributed by atoms with E-state index in [1.807, 2.05) is 48.5 Å². The minimum Gasteiger partial charge on any atom is -0.485 e. The number of likely N-dealkylation sites (tertiary alicyclic amines) is 1. The summed E-state index contributed by atoms with van der Waals surface area (Å²) >= 11 is 0. The van der Waals surface area contributed by atoms with Crippen molar-refractivity contribution in [2.45, 2.75) is 72.2 Å². The molecule has 0 bridgehead atoms. The van der Waals surface area contributed by atoms with Gasteiger partial charge in [0.1, 0.15) is 29.4 Å². The molecule has 1 saturated heterocycles. The SMILES string of the molecule is CC.COC1CN(C(=O)OC(C)(C)C)CC1Oc1cc(F)ccc1C(C)C. The van der Waals surface area contributed by atoms with Crippen LogP contribution in [-0.4, -0.2) is 49.0 Å². The summed E-state index contributed by atoms with van der Waals surface area (Å²) in [6.45, 7) is 14.2. The number of hydrogen-bond acceptors (Lipinski definition) is 4. The predicted molar refractivity (Wildman–Crippen MR) is 105 cm³/mol. The standard InChI is InChI=1S/C19H28FNO4.C2H6/c1-12(2)14-8-7-13(20)9-15(14)24-17-11-21(10-16(17)23-6)18(22)25-19(3,4)5;1-2/h7-9,12,16-17H,10-11H2,1-6H3;1-2H3. The van der Waals surface area contributed by atoms with Crippen LogP contribution in [0.1, 0.15) is 59.9 Å². The molecule has 0 N–H and O–H groups in total. The van der Waals surface area contributed by atoms with Crippen LogP contribution in [-0.2, 0) is 9.47 Å². The maximum Gasteiger partial charge on any atom is 0.410 e. The number of methoxy groups -OCH3 is 1. The highest BCUT2D eigenvalue weighted by Crippen LogP contribution is 2.30. The van der Waals surface area contributed by atoms with Crippen molar-refractivity contribution >= 4 is 6.09 Å². The maximum absolute atomic E-state index is 13.7. The highest BCUT2D eigenvalue weighted by atomic mass is 19.1. The Morgan fingerprint density at radius 1 is 1.19 bits per heavy atom. The second-order valence-electron chi connectivity index (χ2n) is 7.65. The van der Waals surface area contributed by atoms with Gasteiger partial charge in [-0.25, -0.2) is 9.18 Å². The third-order valence-electron chi connectivity index (χ3n) is 4.05. The Morgan fingerprint density at radius 3 is 2.30 bits per heavy atom. The Labute approximate surface area is 162 Å². The van der Waals surface area contributed by atoms with E-state index in [0.29, 0.717) is 18.8 Å². The second kappa shape index (κ2) is 9.93. The molecule has 1 amide bonds. The summed E-state index contributed by atoms with van der Waals surface area (Å²) in [5, 5.41) is 0. The second-order valence-corrected chi connectivity index (χ2v) is 7.65. The number of carbonyl (C=O) groups is 1. The quantitative estimate of drug-likeness (QED) is 0.735. The van der Waals surface area contributed by atoms with Crippen LogP contribution in [0.25, 0.3) is 0 Å². The summed E-state index contributed by atoms with van der Waals surface area (Å²) in [5.41, 5.74) is 0.360. The Morgan fingerprint density at radius 2 is 1.78 bits per heavy atom. The smallest absolute Gasteiger partial charge is 0.410 e. The van der Waals surface area contributed by atoms with Gasteiger partial charge in [-0.1, -0.05) is 33.8 Å². The van der Waals surface area contributed by atoms with Crippen molar-refractivity contribution in [3.63, 3.8) is 0 Å². The van der Waals surface area contributed by atoms with E-state index in [0.717, 1.165) is 5.56 Å². The van der Waals surface area contributed by atoms with Crippen LogP contribution in [0.2, 0.25) is 0 Å². The third kappa shape index (κ3) is 6.69. The van der Waals surface area contributed by atoms with Crippen LogP contribution < -0.4 is 4.74 Å². The molecule has 0 radical (unpaired) electrons. The fourth-order valence-corrected chi connectivity index (χ4v) is 2.81. The molecule has 0 aromatic heterocycles. The first-order valence-corrected chi connectivity index (χ1v) is 9.57. The first-order chi connectivity index (χ1) is 12.6. The summed E-state index contributed by atoms with van der Waals surface area (Å²) in [6.07, 6.45) is -1.07. The van der Waals surface area contributed by atoms with Crippen LogP contribution in [0.3, 0.4) is 0 Å². The zero-order valence-corrected chi connectivity index (χ0v) is 17.8. The largest absolute Gasteiger partial charge is 0.485 e. The fraction of sp³-hybridized carbons (Fsp3) is 0.667. The Hall–Kier alpha value is -1.82. The fourth-order valence-electron chi connectivity index (χ4n) is 2.81. The van der Waals surface area contributed by atoms with Crippen molar-refractivity contribution in [1.82, 2.24) is 4.90 Å².